The second kappa shape index (κ2) is 6.75. The zero-order valence-electron chi connectivity index (χ0n) is 11.2. The van der Waals surface area contributed by atoms with Gasteiger partial charge in [0.05, 0.1) is 11.7 Å². The van der Waals surface area contributed by atoms with Gasteiger partial charge in [0.1, 0.15) is 0 Å². The number of hydrogen-bond acceptors (Lipinski definition) is 3. The molecule has 0 fully saturated rings. The fourth-order valence-corrected chi connectivity index (χ4v) is 1.48. The molecule has 1 aromatic rings. The monoisotopic (exact) mass is 266 g/mol. The second-order valence-corrected chi connectivity index (χ2v) is 4.22. The molecule has 0 spiro atoms. The van der Waals surface area contributed by atoms with Gasteiger partial charge in [0.2, 0.25) is 0 Å². The van der Waals surface area contributed by atoms with Crippen LogP contribution < -0.4 is 10.6 Å². The number of urea groups is 1. The molecule has 6 nitrogen and oxygen atoms in total. The maximum absolute atomic E-state index is 11.6. The minimum atomic E-state index is -0.984. The van der Waals surface area contributed by atoms with Gasteiger partial charge >= 0.3 is 12.0 Å². The molecule has 0 radical (unpaired) electrons. The SMILES string of the molecule is COC(C)CNC(=O)Nc1ccc(C(=O)O)c(C)c1. The van der Waals surface area contributed by atoms with E-state index in [9.17, 15) is 9.59 Å². The highest BCUT2D eigenvalue weighted by molar-refractivity contribution is 5.92. The number of amides is 2. The average molecular weight is 266 g/mol. The number of aryl methyl sites for hydroxylation is 1. The Kier molecular flexibility index (Phi) is 5.32. The molecule has 0 bridgehead atoms. The van der Waals surface area contributed by atoms with Crippen molar-refractivity contribution in [3.05, 3.63) is 29.3 Å². The number of carboxylic acid groups (broad SMARTS) is 1. The Morgan fingerprint density at radius 2 is 2.11 bits per heavy atom. The molecular weight excluding hydrogens is 248 g/mol. The molecule has 3 N–H and O–H groups in total. The van der Waals surface area contributed by atoms with Gasteiger partial charge in [0.15, 0.2) is 0 Å². The summed E-state index contributed by atoms with van der Waals surface area (Å²) in [5.41, 5.74) is 1.36. The topological polar surface area (TPSA) is 87.7 Å². The smallest absolute Gasteiger partial charge is 0.335 e. The molecule has 19 heavy (non-hydrogen) atoms. The molecule has 0 heterocycles. The number of rotatable bonds is 5. The molecule has 1 unspecified atom stereocenters. The number of aromatic carboxylic acids is 1. The first-order chi connectivity index (χ1) is 8.93. The first-order valence-corrected chi connectivity index (χ1v) is 5.85. The van der Waals surface area contributed by atoms with Crippen molar-refractivity contribution in [2.75, 3.05) is 19.0 Å². The summed E-state index contributed by atoms with van der Waals surface area (Å²) < 4.78 is 5.00. The molecule has 104 valence electrons. The molecule has 0 aliphatic rings. The highest BCUT2D eigenvalue weighted by atomic mass is 16.5. The van der Waals surface area contributed by atoms with Crippen LogP contribution in [0.25, 0.3) is 0 Å². The van der Waals surface area contributed by atoms with Crippen molar-refractivity contribution in [2.45, 2.75) is 20.0 Å². The summed E-state index contributed by atoms with van der Waals surface area (Å²) in [6, 6.07) is 4.27. The predicted octanol–water partition coefficient (Wildman–Crippen LogP) is 1.85. The van der Waals surface area contributed by atoms with Crippen LogP contribution in [0.1, 0.15) is 22.8 Å². The number of ether oxygens (including phenoxy) is 1. The lowest BCUT2D eigenvalue weighted by Gasteiger charge is -2.12. The molecule has 0 saturated carbocycles. The molecule has 0 aliphatic carbocycles. The third-order valence-electron chi connectivity index (χ3n) is 2.67. The van der Waals surface area contributed by atoms with Crippen molar-refractivity contribution in [1.29, 1.82) is 0 Å². The Labute approximate surface area is 111 Å². The van der Waals surface area contributed by atoms with Crippen molar-refractivity contribution in [2.24, 2.45) is 0 Å². The van der Waals surface area contributed by atoms with Gasteiger partial charge in [-0.3, -0.25) is 0 Å². The van der Waals surface area contributed by atoms with Gasteiger partial charge in [0.25, 0.3) is 0 Å². The number of nitrogens with one attached hydrogen (secondary N) is 2. The van der Waals surface area contributed by atoms with E-state index in [1.165, 1.54) is 6.07 Å². The van der Waals surface area contributed by atoms with E-state index in [1.54, 1.807) is 26.2 Å². The maximum atomic E-state index is 11.6. The summed E-state index contributed by atoms with van der Waals surface area (Å²) in [6.07, 6.45) is -0.0677. The summed E-state index contributed by atoms with van der Waals surface area (Å²) in [5, 5.41) is 14.2. The lowest BCUT2D eigenvalue weighted by molar-refractivity contribution is 0.0696. The number of carboxylic acids is 1. The van der Waals surface area contributed by atoms with Gasteiger partial charge in [-0.1, -0.05) is 0 Å². The minimum absolute atomic E-state index is 0.0677. The number of carbonyl (C=O) groups is 2. The van der Waals surface area contributed by atoms with E-state index in [4.69, 9.17) is 9.84 Å². The molecule has 6 heteroatoms. The molecule has 1 rings (SSSR count). The fourth-order valence-electron chi connectivity index (χ4n) is 1.48. The third kappa shape index (κ3) is 4.59. The van der Waals surface area contributed by atoms with Crippen LogP contribution >= 0.6 is 0 Å². The Bertz CT molecular complexity index is 474. The van der Waals surface area contributed by atoms with Crippen LogP contribution in [0.15, 0.2) is 18.2 Å². The Balaban J connectivity index is 2.60. The van der Waals surface area contributed by atoms with Crippen LogP contribution in [-0.2, 0) is 4.74 Å². The zero-order valence-corrected chi connectivity index (χ0v) is 11.2. The maximum Gasteiger partial charge on any atom is 0.335 e. The number of carbonyl (C=O) groups excluding carboxylic acids is 1. The van der Waals surface area contributed by atoms with Crippen molar-refractivity contribution in [1.82, 2.24) is 5.32 Å². The summed E-state index contributed by atoms with van der Waals surface area (Å²) >= 11 is 0. The molecule has 0 aromatic heterocycles. The van der Waals surface area contributed by atoms with Gasteiger partial charge < -0.3 is 20.5 Å². The van der Waals surface area contributed by atoms with E-state index in [1.807, 2.05) is 6.92 Å². The number of anilines is 1. The van der Waals surface area contributed by atoms with E-state index < -0.39 is 5.97 Å². The van der Waals surface area contributed by atoms with Crippen LogP contribution in [0, 0.1) is 6.92 Å². The fraction of sp³-hybridized carbons (Fsp3) is 0.385. The highest BCUT2D eigenvalue weighted by Gasteiger charge is 2.09. The standard InChI is InChI=1S/C13H18N2O4/c1-8-6-10(4-5-11(8)12(16)17)15-13(18)14-7-9(2)19-3/h4-6,9H,7H2,1-3H3,(H,16,17)(H2,14,15,18). The van der Waals surface area contributed by atoms with Crippen LogP contribution in [0.2, 0.25) is 0 Å². The first kappa shape index (κ1) is 15.0. The lowest BCUT2D eigenvalue weighted by atomic mass is 10.1. The molecule has 1 atom stereocenters. The van der Waals surface area contributed by atoms with E-state index in [0.29, 0.717) is 17.8 Å². The van der Waals surface area contributed by atoms with Crippen LogP contribution in [0.3, 0.4) is 0 Å². The van der Waals surface area contributed by atoms with Gasteiger partial charge in [0, 0.05) is 19.3 Å². The number of benzene rings is 1. The normalized spacial score (nSPS) is 11.7. The predicted molar refractivity (Wildman–Crippen MR) is 71.6 cm³/mol. The van der Waals surface area contributed by atoms with E-state index in [2.05, 4.69) is 10.6 Å². The second-order valence-electron chi connectivity index (χ2n) is 4.22. The largest absolute Gasteiger partial charge is 0.478 e. The Morgan fingerprint density at radius 1 is 1.42 bits per heavy atom. The summed E-state index contributed by atoms with van der Waals surface area (Å²) in [5.74, 6) is -0.984. The van der Waals surface area contributed by atoms with Crippen molar-refractivity contribution in [3.63, 3.8) is 0 Å². The van der Waals surface area contributed by atoms with Crippen molar-refractivity contribution in [3.8, 4) is 0 Å². The van der Waals surface area contributed by atoms with Crippen LogP contribution in [-0.4, -0.2) is 36.9 Å². The Hall–Kier alpha value is -2.08. The summed E-state index contributed by atoms with van der Waals surface area (Å²) in [6.45, 7) is 3.92. The van der Waals surface area contributed by atoms with Gasteiger partial charge in [-0.25, -0.2) is 9.59 Å². The van der Waals surface area contributed by atoms with Gasteiger partial charge in [-0.2, -0.15) is 0 Å². The Morgan fingerprint density at radius 3 is 2.63 bits per heavy atom. The number of hydrogen-bond donors (Lipinski definition) is 3. The molecule has 0 saturated heterocycles. The molecule has 1 aromatic carbocycles. The summed E-state index contributed by atoms with van der Waals surface area (Å²) in [7, 11) is 1.57. The minimum Gasteiger partial charge on any atom is -0.478 e. The number of methoxy groups -OCH3 is 1. The van der Waals surface area contributed by atoms with Crippen molar-refractivity contribution < 1.29 is 19.4 Å². The van der Waals surface area contributed by atoms with Gasteiger partial charge in [-0.15, -0.1) is 0 Å². The van der Waals surface area contributed by atoms with Crippen molar-refractivity contribution >= 4 is 17.7 Å². The first-order valence-electron chi connectivity index (χ1n) is 5.85. The highest BCUT2D eigenvalue weighted by Crippen LogP contribution is 2.15. The lowest BCUT2D eigenvalue weighted by Crippen LogP contribution is -2.34. The van der Waals surface area contributed by atoms with Gasteiger partial charge in [-0.05, 0) is 37.6 Å². The van der Waals surface area contributed by atoms with E-state index >= 15 is 0 Å². The average Bonchev–Trinajstić information content (AvgIpc) is 2.35. The van der Waals surface area contributed by atoms with Crippen LogP contribution in [0.5, 0.6) is 0 Å². The molecule has 2 amide bonds. The quantitative estimate of drug-likeness (QED) is 0.759. The summed E-state index contributed by atoms with van der Waals surface area (Å²) in [4.78, 5) is 22.4. The third-order valence-corrected chi connectivity index (χ3v) is 2.67. The molecular formula is C13H18N2O4. The van der Waals surface area contributed by atoms with Crippen LogP contribution in [0.4, 0.5) is 10.5 Å². The van der Waals surface area contributed by atoms with E-state index in [0.717, 1.165) is 0 Å². The van der Waals surface area contributed by atoms with E-state index in [-0.39, 0.29) is 17.7 Å². The molecule has 0 aliphatic heterocycles. The zero-order chi connectivity index (χ0) is 14.4.